The second-order valence-electron chi connectivity index (χ2n) is 4.04. The van der Waals surface area contributed by atoms with Crippen LogP contribution in [0.5, 0.6) is 0 Å². The van der Waals surface area contributed by atoms with Crippen molar-refractivity contribution >= 4 is 0 Å². The molecular formula is C16H22O. The molecule has 0 saturated heterocycles. The van der Waals surface area contributed by atoms with Crippen molar-refractivity contribution in [3.8, 4) is 0 Å². The lowest BCUT2D eigenvalue weighted by Gasteiger charge is -2.04. The summed E-state index contributed by atoms with van der Waals surface area (Å²) < 4.78 is 5.62. The van der Waals surface area contributed by atoms with Crippen LogP contribution in [0.2, 0.25) is 0 Å². The van der Waals surface area contributed by atoms with Gasteiger partial charge < -0.3 is 4.74 Å². The average molecular weight is 230 g/mol. The predicted molar refractivity (Wildman–Crippen MR) is 73.9 cm³/mol. The lowest BCUT2D eigenvalue weighted by atomic mass is 10.1. The van der Waals surface area contributed by atoms with Crippen LogP contribution in [0.1, 0.15) is 31.7 Å². The van der Waals surface area contributed by atoms with E-state index in [1.165, 1.54) is 11.1 Å². The van der Waals surface area contributed by atoms with Gasteiger partial charge in [-0.2, -0.15) is 0 Å². The molecule has 0 amide bonds. The van der Waals surface area contributed by atoms with Crippen LogP contribution in [-0.2, 0) is 11.3 Å². The SMILES string of the molecule is C=CC/C(=C/CCOCc1ccccc1)CC. The van der Waals surface area contributed by atoms with E-state index in [0.717, 1.165) is 25.9 Å². The smallest absolute Gasteiger partial charge is 0.0717 e. The van der Waals surface area contributed by atoms with Crippen molar-refractivity contribution in [1.82, 2.24) is 0 Å². The fraction of sp³-hybridized carbons (Fsp3) is 0.375. The minimum Gasteiger partial charge on any atom is -0.376 e. The molecule has 0 unspecified atom stereocenters. The van der Waals surface area contributed by atoms with Gasteiger partial charge in [-0.15, -0.1) is 6.58 Å². The minimum absolute atomic E-state index is 0.706. The predicted octanol–water partition coefficient (Wildman–Crippen LogP) is 4.51. The molecule has 0 fully saturated rings. The first kappa shape index (κ1) is 13.7. The number of hydrogen-bond acceptors (Lipinski definition) is 1. The van der Waals surface area contributed by atoms with Crippen molar-refractivity contribution in [2.24, 2.45) is 0 Å². The lowest BCUT2D eigenvalue weighted by Crippen LogP contribution is -1.94. The molecule has 0 atom stereocenters. The maximum absolute atomic E-state index is 5.62. The third-order valence-electron chi connectivity index (χ3n) is 2.67. The molecule has 1 aromatic rings. The molecule has 1 nitrogen and oxygen atoms in total. The van der Waals surface area contributed by atoms with Crippen LogP contribution < -0.4 is 0 Å². The number of benzene rings is 1. The molecule has 0 bridgehead atoms. The quantitative estimate of drug-likeness (QED) is 0.472. The first-order valence-electron chi connectivity index (χ1n) is 6.27. The molecule has 0 heterocycles. The standard InChI is InChI=1S/C16H22O/c1-3-9-15(4-2)12-8-13-17-14-16-10-6-5-7-11-16/h3,5-7,10-12H,1,4,8-9,13-14H2,2H3/b15-12+. The Morgan fingerprint density at radius 1 is 1.29 bits per heavy atom. The summed E-state index contributed by atoms with van der Waals surface area (Å²) in [6, 6.07) is 10.3. The number of ether oxygens (including phenoxy) is 1. The van der Waals surface area contributed by atoms with Crippen molar-refractivity contribution in [3.63, 3.8) is 0 Å². The van der Waals surface area contributed by atoms with Gasteiger partial charge in [-0.1, -0.05) is 55.0 Å². The summed E-state index contributed by atoms with van der Waals surface area (Å²) in [6.07, 6.45) is 7.32. The molecule has 1 heteroatoms. The summed E-state index contributed by atoms with van der Waals surface area (Å²) >= 11 is 0. The van der Waals surface area contributed by atoms with Crippen LogP contribution in [0.3, 0.4) is 0 Å². The van der Waals surface area contributed by atoms with Gasteiger partial charge in [0.25, 0.3) is 0 Å². The van der Waals surface area contributed by atoms with E-state index in [0.29, 0.717) is 6.61 Å². The zero-order valence-corrected chi connectivity index (χ0v) is 10.7. The molecule has 0 aromatic heterocycles. The summed E-state index contributed by atoms with van der Waals surface area (Å²) in [6.45, 7) is 7.43. The third kappa shape index (κ3) is 6.08. The van der Waals surface area contributed by atoms with Gasteiger partial charge in [-0.25, -0.2) is 0 Å². The highest BCUT2D eigenvalue weighted by Crippen LogP contribution is 2.08. The Labute approximate surface area is 105 Å². The van der Waals surface area contributed by atoms with E-state index >= 15 is 0 Å². The first-order valence-corrected chi connectivity index (χ1v) is 6.27. The molecule has 0 spiro atoms. The Bertz CT molecular complexity index is 338. The van der Waals surface area contributed by atoms with E-state index < -0.39 is 0 Å². The molecule has 0 aliphatic rings. The van der Waals surface area contributed by atoms with E-state index in [9.17, 15) is 0 Å². The molecule has 0 saturated carbocycles. The monoisotopic (exact) mass is 230 g/mol. The average Bonchev–Trinajstić information content (AvgIpc) is 2.38. The Hall–Kier alpha value is -1.34. The van der Waals surface area contributed by atoms with Gasteiger partial charge in [0.15, 0.2) is 0 Å². The van der Waals surface area contributed by atoms with Gasteiger partial charge in [0, 0.05) is 0 Å². The summed E-state index contributed by atoms with van der Waals surface area (Å²) in [4.78, 5) is 0. The molecule has 0 aliphatic heterocycles. The number of rotatable bonds is 8. The van der Waals surface area contributed by atoms with Crippen molar-refractivity contribution < 1.29 is 4.74 Å². The zero-order chi connectivity index (χ0) is 12.3. The van der Waals surface area contributed by atoms with Gasteiger partial charge >= 0.3 is 0 Å². The summed E-state index contributed by atoms with van der Waals surface area (Å²) in [5.74, 6) is 0. The van der Waals surface area contributed by atoms with Crippen LogP contribution >= 0.6 is 0 Å². The topological polar surface area (TPSA) is 9.23 Å². The second kappa shape index (κ2) is 8.77. The number of hydrogen-bond donors (Lipinski definition) is 0. The number of allylic oxidation sites excluding steroid dienone is 2. The lowest BCUT2D eigenvalue weighted by molar-refractivity contribution is 0.125. The Morgan fingerprint density at radius 2 is 2.06 bits per heavy atom. The van der Waals surface area contributed by atoms with E-state index in [4.69, 9.17) is 4.74 Å². The summed E-state index contributed by atoms with van der Waals surface area (Å²) in [7, 11) is 0. The molecule has 1 rings (SSSR count). The highest BCUT2D eigenvalue weighted by molar-refractivity contribution is 5.13. The van der Waals surface area contributed by atoms with E-state index in [-0.39, 0.29) is 0 Å². The van der Waals surface area contributed by atoms with Gasteiger partial charge in [0.2, 0.25) is 0 Å². The summed E-state index contributed by atoms with van der Waals surface area (Å²) in [5.41, 5.74) is 2.68. The highest BCUT2D eigenvalue weighted by atomic mass is 16.5. The van der Waals surface area contributed by atoms with Gasteiger partial charge in [0.05, 0.1) is 13.2 Å². The van der Waals surface area contributed by atoms with Crippen LogP contribution in [-0.4, -0.2) is 6.61 Å². The fourth-order valence-corrected chi connectivity index (χ4v) is 1.67. The van der Waals surface area contributed by atoms with Crippen LogP contribution in [0.4, 0.5) is 0 Å². The van der Waals surface area contributed by atoms with Crippen molar-refractivity contribution in [3.05, 3.63) is 60.2 Å². The Balaban J connectivity index is 2.18. The first-order chi connectivity index (χ1) is 8.36. The van der Waals surface area contributed by atoms with E-state index in [1.54, 1.807) is 0 Å². The molecular weight excluding hydrogens is 208 g/mol. The maximum atomic E-state index is 5.62. The maximum Gasteiger partial charge on any atom is 0.0717 e. The zero-order valence-electron chi connectivity index (χ0n) is 10.7. The van der Waals surface area contributed by atoms with E-state index in [2.05, 4.69) is 31.7 Å². The summed E-state index contributed by atoms with van der Waals surface area (Å²) in [5, 5.41) is 0. The Morgan fingerprint density at radius 3 is 2.71 bits per heavy atom. The third-order valence-corrected chi connectivity index (χ3v) is 2.67. The van der Waals surface area contributed by atoms with Crippen molar-refractivity contribution in [1.29, 1.82) is 0 Å². The van der Waals surface area contributed by atoms with Crippen molar-refractivity contribution in [2.75, 3.05) is 6.61 Å². The van der Waals surface area contributed by atoms with Gasteiger partial charge in [-0.05, 0) is 24.8 Å². The normalized spacial score (nSPS) is 11.5. The fourth-order valence-electron chi connectivity index (χ4n) is 1.67. The van der Waals surface area contributed by atoms with E-state index in [1.807, 2.05) is 24.3 Å². The minimum atomic E-state index is 0.706. The van der Waals surface area contributed by atoms with Crippen molar-refractivity contribution in [2.45, 2.75) is 32.8 Å². The van der Waals surface area contributed by atoms with Crippen LogP contribution in [0, 0.1) is 0 Å². The molecule has 0 radical (unpaired) electrons. The Kier molecular flexibility index (Phi) is 7.08. The van der Waals surface area contributed by atoms with Crippen LogP contribution in [0.15, 0.2) is 54.6 Å². The van der Waals surface area contributed by atoms with Gasteiger partial charge in [0.1, 0.15) is 0 Å². The molecule has 92 valence electrons. The second-order valence-corrected chi connectivity index (χ2v) is 4.04. The molecule has 17 heavy (non-hydrogen) atoms. The van der Waals surface area contributed by atoms with Gasteiger partial charge in [-0.3, -0.25) is 0 Å². The molecule has 0 N–H and O–H groups in total. The molecule has 0 aliphatic carbocycles. The van der Waals surface area contributed by atoms with Crippen LogP contribution in [0.25, 0.3) is 0 Å². The largest absolute Gasteiger partial charge is 0.376 e. The molecule has 1 aromatic carbocycles. The highest BCUT2D eigenvalue weighted by Gasteiger charge is 1.93.